The fourth-order valence-electron chi connectivity index (χ4n) is 3.35. The van der Waals surface area contributed by atoms with Crippen molar-refractivity contribution in [3.05, 3.63) is 0 Å². The molecular formula is C14H24N2O5. The molecule has 1 atom stereocenters. The highest BCUT2D eigenvalue weighted by atomic mass is 16.6. The van der Waals surface area contributed by atoms with Crippen LogP contribution in [0, 0.1) is 0 Å². The minimum absolute atomic E-state index is 0.155. The van der Waals surface area contributed by atoms with Gasteiger partial charge in [0, 0.05) is 36.8 Å². The van der Waals surface area contributed by atoms with Crippen LogP contribution in [0.15, 0.2) is 0 Å². The molecule has 0 spiro atoms. The molecule has 2 rings (SSSR count). The van der Waals surface area contributed by atoms with Gasteiger partial charge in [0.05, 0.1) is 0 Å². The van der Waals surface area contributed by atoms with Crippen LogP contribution < -0.4 is 0 Å². The number of hydroxylamine groups is 2. The maximum Gasteiger partial charge on any atom is 0.418 e. The van der Waals surface area contributed by atoms with Gasteiger partial charge in [-0.15, -0.1) is 0 Å². The second kappa shape index (κ2) is 5.23. The SMILES string of the molecule is CC1(C)CC(OC(=O)N2C(=O)CCC2O)CC(C)(C)N1O. The lowest BCUT2D eigenvalue weighted by molar-refractivity contribution is -0.257. The fraction of sp³-hybridized carbons (Fsp3) is 0.857. The third kappa shape index (κ3) is 3.04. The Bertz CT molecular complexity index is 431. The number of rotatable bonds is 1. The Hall–Kier alpha value is -1.18. The number of hydrogen-bond donors (Lipinski definition) is 2. The van der Waals surface area contributed by atoms with Crippen molar-refractivity contribution in [1.29, 1.82) is 0 Å². The minimum atomic E-state index is -1.09. The van der Waals surface area contributed by atoms with Crippen LogP contribution in [0.5, 0.6) is 0 Å². The summed E-state index contributed by atoms with van der Waals surface area (Å²) in [6.07, 6.45) is -0.987. The molecule has 2 saturated heterocycles. The van der Waals surface area contributed by atoms with Crippen LogP contribution >= 0.6 is 0 Å². The van der Waals surface area contributed by atoms with Crippen LogP contribution in [-0.2, 0) is 9.53 Å². The van der Waals surface area contributed by atoms with Crippen LogP contribution in [0.3, 0.4) is 0 Å². The van der Waals surface area contributed by atoms with Crippen molar-refractivity contribution in [2.24, 2.45) is 0 Å². The first-order valence-electron chi connectivity index (χ1n) is 7.24. The Morgan fingerprint density at radius 3 is 2.19 bits per heavy atom. The number of hydrogen-bond acceptors (Lipinski definition) is 6. The number of carbonyl (C=O) groups is 2. The van der Waals surface area contributed by atoms with Crippen molar-refractivity contribution in [1.82, 2.24) is 9.96 Å². The number of aliphatic hydroxyl groups excluding tert-OH is 1. The number of amides is 2. The summed E-state index contributed by atoms with van der Waals surface area (Å²) in [4.78, 5) is 24.5. The van der Waals surface area contributed by atoms with Crippen LogP contribution in [0.25, 0.3) is 0 Å². The molecule has 2 fully saturated rings. The summed E-state index contributed by atoms with van der Waals surface area (Å²) in [5.41, 5.74) is -1.08. The first kappa shape index (κ1) is 16.2. The summed E-state index contributed by atoms with van der Waals surface area (Å²) >= 11 is 0. The summed E-state index contributed by atoms with van der Waals surface area (Å²) < 4.78 is 5.40. The molecule has 0 aromatic rings. The molecule has 21 heavy (non-hydrogen) atoms. The van der Waals surface area contributed by atoms with E-state index in [1.807, 2.05) is 27.7 Å². The summed E-state index contributed by atoms with van der Waals surface area (Å²) in [5, 5.41) is 21.2. The molecule has 2 aliphatic rings. The highest BCUT2D eigenvalue weighted by Gasteiger charge is 2.47. The fourth-order valence-corrected chi connectivity index (χ4v) is 3.35. The van der Waals surface area contributed by atoms with Crippen molar-refractivity contribution in [2.75, 3.05) is 0 Å². The highest BCUT2D eigenvalue weighted by molar-refractivity contribution is 5.93. The molecule has 2 aliphatic heterocycles. The number of carbonyl (C=O) groups excluding carboxylic acids is 2. The number of ether oxygens (including phenoxy) is 1. The van der Waals surface area contributed by atoms with E-state index in [0.717, 1.165) is 4.90 Å². The molecule has 7 nitrogen and oxygen atoms in total. The predicted octanol–water partition coefficient (Wildman–Crippen LogP) is 1.47. The van der Waals surface area contributed by atoms with Gasteiger partial charge in [0.15, 0.2) is 0 Å². The van der Waals surface area contributed by atoms with Crippen LogP contribution in [0.2, 0.25) is 0 Å². The van der Waals surface area contributed by atoms with Gasteiger partial charge in [0.1, 0.15) is 12.3 Å². The average Bonchev–Trinajstić information content (AvgIpc) is 2.65. The Morgan fingerprint density at radius 1 is 1.24 bits per heavy atom. The Labute approximate surface area is 124 Å². The predicted molar refractivity (Wildman–Crippen MR) is 73.4 cm³/mol. The largest absolute Gasteiger partial charge is 0.446 e. The molecule has 0 aromatic carbocycles. The lowest BCUT2D eigenvalue weighted by Gasteiger charge is -2.50. The summed E-state index contributed by atoms with van der Waals surface area (Å²) in [5.74, 6) is -0.411. The minimum Gasteiger partial charge on any atom is -0.446 e. The molecule has 0 bridgehead atoms. The lowest BCUT2D eigenvalue weighted by atomic mass is 9.80. The van der Waals surface area contributed by atoms with Gasteiger partial charge in [-0.25, -0.2) is 9.69 Å². The van der Waals surface area contributed by atoms with E-state index in [2.05, 4.69) is 0 Å². The molecule has 7 heteroatoms. The molecular weight excluding hydrogens is 276 g/mol. The van der Waals surface area contributed by atoms with E-state index in [0.29, 0.717) is 12.8 Å². The van der Waals surface area contributed by atoms with Crippen molar-refractivity contribution in [3.8, 4) is 0 Å². The van der Waals surface area contributed by atoms with Gasteiger partial charge in [0.25, 0.3) is 0 Å². The second-order valence-corrected chi connectivity index (χ2v) is 7.13. The first-order valence-corrected chi connectivity index (χ1v) is 7.24. The number of piperidine rings is 1. The van der Waals surface area contributed by atoms with E-state index in [1.165, 1.54) is 5.06 Å². The third-order valence-corrected chi connectivity index (χ3v) is 4.25. The first-order chi connectivity index (χ1) is 9.54. The van der Waals surface area contributed by atoms with Crippen LogP contribution in [-0.4, -0.2) is 55.7 Å². The molecule has 2 heterocycles. The monoisotopic (exact) mass is 300 g/mol. The molecule has 120 valence electrons. The molecule has 0 aromatic heterocycles. The van der Waals surface area contributed by atoms with Gasteiger partial charge in [-0.3, -0.25) is 4.79 Å². The van der Waals surface area contributed by atoms with E-state index >= 15 is 0 Å². The smallest absolute Gasteiger partial charge is 0.418 e. The van der Waals surface area contributed by atoms with Gasteiger partial charge in [0.2, 0.25) is 5.91 Å². The quantitative estimate of drug-likeness (QED) is 0.762. The summed E-state index contributed by atoms with van der Waals surface area (Å²) in [7, 11) is 0. The summed E-state index contributed by atoms with van der Waals surface area (Å²) in [6, 6.07) is 0. The van der Waals surface area contributed by atoms with E-state index in [-0.39, 0.29) is 12.8 Å². The Balaban J connectivity index is 2.06. The van der Waals surface area contributed by atoms with E-state index in [9.17, 15) is 19.9 Å². The summed E-state index contributed by atoms with van der Waals surface area (Å²) in [6.45, 7) is 7.46. The van der Waals surface area contributed by atoms with Crippen molar-refractivity contribution in [2.45, 2.75) is 76.8 Å². The zero-order valence-corrected chi connectivity index (χ0v) is 13.0. The zero-order valence-electron chi connectivity index (χ0n) is 13.0. The topological polar surface area (TPSA) is 90.3 Å². The normalized spacial score (nSPS) is 29.7. The molecule has 2 amide bonds. The average molecular weight is 300 g/mol. The number of nitrogens with zero attached hydrogens (tertiary/aromatic N) is 2. The van der Waals surface area contributed by atoms with Gasteiger partial charge in [-0.05, 0) is 27.7 Å². The zero-order chi connectivity index (χ0) is 16.0. The molecule has 2 N–H and O–H groups in total. The molecule has 1 unspecified atom stereocenters. The number of likely N-dealkylation sites (tertiary alicyclic amines) is 1. The van der Waals surface area contributed by atoms with E-state index < -0.39 is 35.4 Å². The Kier molecular flexibility index (Phi) is 4.03. The van der Waals surface area contributed by atoms with E-state index in [1.54, 1.807) is 0 Å². The maximum absolute atomic E-state index is 12.1. The van der Waals surface area contributed by atoms with Crippen molar-refractivity contribution < 1.29 is 24.6 Å². The van der Waals surface area contributed by atoms with Gasteiger partial charge in [-0.1, -0.05) is 0 Å². The third-order valence-electron chi connectivity index (χ3n) is 4.25. The standard InChI is InChI=1S/C14H24N2O5/c1-13(2)7-9(8-14(3,4)16(13)20)21-12(19)15-10(17)5-6-11(15)18/h9-10,17,20H,5-8H2,1-4H3. The number of imide groups is 1. The molecule has 0 radical (unpaired) electrons. The van der Waals surface area contributed by atoms with Crippen molar-refractivity contribution in [3.63, 3.8) is 0 Å². The molecule has 0 saturated carbocycles. The second-order valence-electron chi connectivity index (χ2n) is 7.13. The van der Waals surface area contributed by atoms with Crippen molar-refractivity contribution >= 4 is 12.0 Å². The highest BCUT2D eigenvalue weighted by Crippen LogP contribution is 2.38. The Morgan fingerprint density at radius 2 is 1.76 bits per heavy atom. The lowest BCUT2D eigenvalue weighted by Crippen LogP contribution is -2.61. The van der Waals surface area contributed by atoms with Gasteiger partial charge < -0.3 is 15.1 Å². The van der Waals surface area contributed by atoms with E-state index in [4.69, 9.17) is 4.74 Å². The molecule has 0 aliphatic carbocycles. The van der Waals surface area contributed by atoms with Gasteiger partial charge >= 0.3 is 6.09 Å². The van der Waals surface area contributed by atoms with Crippen LogP contribution in [0.1, 0.15) is 53.4 Å². The van der Waals surface area contributed by atoms with Crippen LogP contribution in [0.4, 0.5) is 4.79 Å². The number of aliphatic hydroxyl groups is 1. The maximum atomic E-state index is 12.1. The van der Waals surface area contributed by atoms with Gasteiger partial charge in [-0.2, -0.15) is 5.06 Å².